The highest BCUT2D eigenvalue weighted by atomic mass is 15.0. The molecular weight excluding hydrogens is 184 g/mol. The van der Waals surface area contributed by atoms with Crippen molar-refractivity contribution in [1.82, 2.24) is 5.32 Å². The summed E-state index contributed by atoms with van der Waals surface area (Å²) in [7, 11) is 0. The molecule has 0 radical (unpaired) electrons. The molecular formula is C13H26N2. The molecule has 15 heavy (non-hydrogen) atoms. The molecule has 1 aliphatic carbocycles. The lowest BCUT2D eigenvalue weighted by molar-refractivity contribution is 0.260. The van der Waals surface area contributed by atoms with Crippen molar-refractivity contribution >= 4 is 0 Å². The minimum Gasteiger partial charge on any atom is -0.329 e. The molecule has 2 nitrogen and oxygen atoms in total. The summed E-state index contributed by atoms with van der Waals surface area (Å²) in [5, 5.41) is 3.78. The van der Waals surface area contributed by atoms with Gasteiger partial charge in [0, 0.05) is 18.1 Å². The summed E-state index contributed by atoms with van der Waals surface area (Å²) in [6, 6.07) is 0.630. The molecule has 0 saturated heterocycles. The fraction of sp³-hybridized carbons (Fsp3) is 0.846. The van der Waals surface area contributed by atoms with Gasteiger partial charge < -0.3 is 11.1 Å². The van der Waals surface area contributed by atoms with Gasteiger partial charge in [-0.15, -0.1) is 0 Å². The van der Waals surface area contributed by atoms with Crippen LogP contribution in [0.5, 0.6) is 0 Å². The van der Waals surface area contributed by atoms with E-state index in [0.717, 1.165) is 13.0 Å². The van der Waals surface area contributed by atoms with Crippen LogP contribution in [-0.4, -0.2) is 18.1 Å². The van der Waals surface area contributed by atoms with Gasteiger partial charge in [0.05, 0.1) is 0 Å². The molecule has 0 aromatic rings. The van der Waals surface area contributed by atoms with Gasteiger partial charge in [-0.25, -0.2) is 0 Å². The summed E-state index contributed by atoms with van der Waals surface area (Å²) in [6.45, 7) is 5.26. The Balaban J connectivity index is 2.46. The SMILES string of the molecule is CCCCC(CC)(CN)NC1CC=CC1. The summed E-state index contributed by atoms with van der Waals surface area (Å²) in [6.07, 6.45) is 11.8. The third-order valence-corrected chi connectivity index (χ3v) is 3.59. The minimum atomic E-state index is 0.187. The maximum atomic E-state index is 5.95. The third-order valence-electron chi connectivity index (χ3n) is 3.59. The first-order valence-corrected chi connectivity index (χ1v) is 6.39. The highest BCUT2D eigenvalue weighted by Crippen LogP contribution is 2.21. The zero-order valence-corrected chi connectivity index (χ0v) is 10.3. The maximum absolute atomic E-state index is 5.95. The van der Waals surface area contributed by atoms with Crippen molar-refractivity contribution in [3.05, 3.63) is 12.2 Å². The van der Waals surface area contributed by atoms with Gasteiger partial charge in [0.2, 0.25) is 0 Å². The molecule has 0 aromatic heterocycles. The smallest absolute Gasteiger partial charge is 0.0304 e. The molecule has 0 amide bonds. The predicted molar refractivity (Wildman–Crippen MR) is 66.9 cm³/mol. The number of hydrogen-bond donors (Lipinski definition) is 2. The van der Waals surface area contributed by atoms with Crippen LogP contribution < -0.4 is 11.1 Å². The normalized spacial score (nSPS) is 20.7. The zero-order valence-electron chi connectivity index (χ0n) is 10.3. The lowest BCUT2D eigenvalue weighted by atomic mass is 9.88. The molecule has 0 heterocycles. The number of rotatable bonds is 7. The van der Waals surface area contributed by atoms with Crippen LogP contribution in [0.25, 0.3) is 0 Å². The molecule has 1 unspecified atom stereocenters. The van der Waals surface area contributed by atoms with Gasteiger partial charge in [0.1, 0.15) is 0 Å². The Morgan fingerprint density at radius 1 is 1.33 bits per heavy atom. The molecule has 0 fully saturated rings. The van der Waals surface area contributed by atoms with Gasteiger partial charge in [-0.3, -0.25) is 0 Å². The Bertz CT molecular complexity index is 187. The van der Waals surface area contributed by atoms with Crippen LogP contribution in [0, 0.1) is 0 Å². The quantitative estimate of drug-likeness (QED) is 0.634. The van der Waals surface area contributed by atoms with E-state index in [-0.39, 0.29) is 5.54 Å². The topological polar surface area (TPSA) is 38.0 Å². The largest absolute Gasteiger partial charge is 0.329 e. The molecule has 1 aliphatic rings. The van der Waals surface area contributed by atoms with Crippen molar-refractivity contribution in [3.8, 4) is 0 Å². The Morgan fingerprint density at radius 2 is 2.00 bits per heavy atom. The molecule has 1 atom stereocenters. The lowest BCUT2D eigenvalue weighted by Crippen LogP contribution is -2.54. The molecule has 2 heteroatoms. The predicted octanol–water partition coefficient (Wildman–Crippen LogP) is 2.59. The first-order chi connectivity index (χ1) is 7.26. The molecule has 88 valence electrons. The number of nitrogens with one attached hydrogen (secondary N) is 1. The van der Waals surface area contributed by atoms with Crippen LogP contribution in [0.15, 0.2) is 12.2 Å². The van der Waals surface area contributed by atoms with Crippen LogP contribution in [0.2, 0.25) is 0 Å². The Hall–Kier alpha value is -0.340. The standard InChI is InChI=1S/C13H26N2/c1-3-5-10-13(4-2,11-14)15-12-8-6-7-9-12/h6-7,12,15H,3-5,8-11,14H2,1-2H3. The summed E-state index contributed by atoms with van der Waals surface area (Å²) in [4.78, 5) is 0. The fourth-order valence-corrected chi connectivity index (χ4v) is 2.34. The second kappa shape index (κ2) is 6.29. The van der Waals surface area contributed by atoms with E-state index < -0.39 is 0 Å². The van der Waals surface area contributed by atoms with Gasteiger partial charge in [-0.05, 0) is 25.7 Å². The maximum Gasteiger partial charge on any atom is 0.0304 e. The Kier molecular flexibility index (Phi) is 5.34. The summed E-state index contributed by atoms with van der Waals surface area (Å²) in [5.74, 6) is 0. The van der Waals surface area contributed by atoms with E-state index in [2.05, 4.69) is 31.3 Å². The van der Waals surface area contributed by atoms with E-state index in [1.807, 2.05) is 0 Å². The summed E-state index contributed by atoms with van der Waals surface area (Å²) >= 11 is 0. The first-order valence-electron chi connectivity index (χ1n) is 6.39. The second-order valence-electron chi connectivity index (χ2n) is 4.73. The zero-order chi connectivity index (χ0) is 11.1. The molecule has 0 spiro atoms. The van der Waals surface area contributed by atoms with Crippen LogP contribution in [0.4, 0.5) is 0 Å². The van der Waals surface area contributed by atoms with E-state index in [1.54, 1.807) is 0 Å². The third kappa shape index (κ3) is 3.62. The van der Waals surface area contributed by atoms with Gasteiger partial charge in [0.15, 0.2) is 0 Å². The Morgan fingerprint density at radius 3 is 2.47 bits per heavy atom. The first kappa shape index (κ1) is 12.7. The molecule has 1 rings (SSSR count). The molecule has 0 saturated carbocycles. The molecule has 0 bridgehead atoms. The summed E-state index contributed by atoms with van der Waals surface area (Å²) < 4.78 is 0. The van der Waals surface area contributed by atoms with Crippen LogP contribution in [0.3, 0.4) is 0 Å². The summed E-state index contributed by atoms with van der Waals surface area (Å²) in [5.41, 5.74) is 6.14. The van der Waals surface area contributed by atoms with E-state index >= 15 is 0 Å². The van der Waals surface area contributed by atoms with E-state index in [4.69, 9.17) is 5.73 Å². The van der Waals surface area contributed by atoms with Gasteiger partial charge in [-0.2, -0.15) is 0 Å². The fourth-order valence-electron chi connectivity index (χ4n) is 2.34. The lowest BCUT2D eigenvalue weighted by Gasteiger charge is -2.36. The highest BCUT2D eigenvalue weighted by Gasteiger charge is 2.28. The monoisotopic (exact) mass is 210 g/mol. The minimum absolute atomic E-state index is 0.187. The van der Waals surface area contributed by atoms with Gasteiger partial charge in [0.25, 0.3) is 0 Å². The Labute approximate surface area is 94.3 Å². The molecule has 0 aromatic carbocycles. The van der Waals surface area contributed by atoms with Crippen LogP contribution in [0.1, 0.15) is 52.4 Å². The highest BCUT2D eigenvalue weighted by molar-refractivity contribution is 5.01. The number of nitrogens with two attached hydrogens (primary N) is 1. The van der Waals surface area contributed by atoms with Crippen molar-refractivity contribution in [2.75, 3.05) is 6.54 Å². The van der Waals surface area contributed by atoms with Crippen LogP contribution in [-0.2, 0) is 0 Å². The number of unbranched alkanes of at least 4 members (excludes halogenated alkanes) is 1. The van der Waals surface area contributed by atoms with Crippen molar-refractivity contribution in [2.24, 2.45) is 5.73 Å². The van der Waals surface area contributed by atoms with Crippen molar-refractivity contribution in [2.45, 2.75) is 64.0 Å². The molecule has 3 N–H and O–H groups in total. The second-order valence-corrected chi connectivity index (χ2v) is 4.73. The number of hydrogen-bond acceptors (Lipinski definition) is 2. The van der Waals surface area contributed by atoms with Gasteiger partial charge in [-0.1, -0.05) is 38.8 Å². The molecule has 0 aliphatic heterocycles. The van der Waals surface area contributed by atoms with Gasteiger partial charge >= 0.3 is 0 Å². The van der Waals surface area contributed by atoms with Crippen molar-refractivity contribution in [3.63, 3.8) is 0 Å². The van der Waals surface area contributed by atoms with E-state index in [1.165, 1.54) is 32.1 Å². The average molecular weight is 210 g/mol. The average Bonchev–Trinajstić information content (AvgIpc) is 2.77. The van der Waals surface area contributed by atoms with E-state index in [9.17, 15) is 0 Å². The van der Waals surface area contributed by atoms with Crippen molar-refractivity contribution in [1.29, 1.82) is 0 Å². The van der Waals surface area contributed by atoms with E-state index in [0.29, 0.717) is 6.04 Å². The van der Waals surface area contributed by atoms with Crippen LogP contribution >= 0.6 is 0 Å². The van der Waals surface area contributed by atoms with Crippen molar-refractivity contribution < 1.29 is 0 Å².